The molecule has 2 rings (SSSR count). The molecule has 2 heterocycles. The molecule has 0 aliphatic carbocycles. The van der Waals surface area contributed by atoms with Gasteiger partial charge in [-0.25, -0.2) is 14.8 Å². The molecule has 0 atom stereocenters. The van der Waals surface area contributed by atoms with Crippen molar-refractivity contribution >= 4 is 33.8 Å². The molecule has 0 bridgehead atoms. The fourth-order valence-corrected chi connectivity index (χ4v) is 1.36. The van der Waals surface area contributed by atoms with Gasteiger partial charge in [0.25, 0.3) is 0 Å². The van der Waals surface area contributed by atoms with Crippen molar-refractivity contribution in [2.45, 2.75) is 0 Å². The van der Waals surface area contributed by atoms with Gasteiger partial charge in [0.1, 0.15) is 5.52 Å². The summed E-state index contributed by atoms with van der Waals surface area (Å²) < 4.78 is 2.09. The van der Waals surface area contributed by atoms with Crippen LogP contribution in [0.2, 0.25) is 0 Å². The van der Waals surface area contributed by atoms with Crippen LogP contribution in [0.4, 0.5) is 0 Å². The molecular formula is C6H5IN4O. The summed E-state index contributed by atoms with van der Waals surface area (Å²) in [7, 11) is 1.67. The number of aromatic nitrogens is 4. The van der Waals surface area contributed by atoms with Crippen molar-refractivity contribution in [3.05, 3.63) is 20.5 Å². The van der Waals surface area contributed by atoms with Crippen molar-refractivity contribution in [1.82, 2.24) is 19.5 Å². The first kappa shape index (κ1) is 7.71. The maximum atomic E-state index is 11.1. The number of H-pyrrole nitrogens is 1. The van der Waals surface area contributed by atoms with E-state index in [-0.39, 0.29) is 5.69 Å². The van der Waals surface area contributed by atoms with E-state index in [0.29, 0.717) is 15.0 Å². The number of rotatable bonds is 0. The number of hydrogen-bond donors (Lipinski definition) is 1. The van der Waals surface area contributed by atoms with Gasteiger partial charge in [-0.1, -0.05) is 0 Å². The summed E-state index contributed by atoms with van der Waals surface area (Å²) in [5.74, 6) is 0. The van der Waals surface area contributed by atoms with Gasteiger partial charge >= 0.3 is 5.69 Å². The number of hydrogen-bond acceptors (Lipinski definition) is 3. The zero-order valence-electron chi connectivity index (χ0n) is 6.21. The molecule has 0 fully saturated rings. The summed E-state index contributed by atoms with van der Waals surface area (Å²) >= 11 is 2.00. The van der Waals surface area contributed by atoms with E-state index >= 15 is 0 Å². The zero-order valence-corrected chi connectivity index (χ0v) is 8.36. The first-order chi connectivity index (χ1) is 5.68. The topological polar surface area (TPSA) is 63.6 Å². The lowest BCUT2D eigenvalue weighted by Gasteiger charge is -1.91. The van der Waals surface area contributed by atoms with E-state index in [0.717, 1.165) is 0 Å². The molecule has 0 aromatic carbocycles. The summed E-state index contributed by atoms with van der Waals surface area (Å²) in [5, 5.41) is 0. The summed E-state index contributed by atoms with van der Waals surface area (Å²) in [4.78, 5) is 21.8. The summed E-state index contributed by atoms with van der Waals surface area (Å²) in [5.41, 5.74) is 1.14. The van der Waals surface area contributed by atoms with Crippen LogP contribution in [0.1, 0.15) is 0 Å². The van der Waals surface area contributed by atoms with E-state index in [4.69, 9.17) is 0 Å². The van der Waals surface area contributed by atoms with Crippen LogP contribution in [0.5, 0.6) is 0 Å². The predicted octanol–water partition coefficient (Wildman–Crippen LogP) is 0.261. The summed E-state index contributed by atoms with van der Waals surface area (Å²) in [6, 6.07) is 0. The van der Waals surface area contributed by atoms with Crippen molar-refractivity contribution in [1.29, 1.82) is 0 Å². The van der Waals surface area contributed by atoms with Crippen LogP contribution in [0.15, 0.2) is 11.0 Å². The second-order valence-electron chi connectivity index (χ2n) is 2.37. The number of aryl methyl sites for hydroxylation is 1. The van der Waals surface area contributed by atoms with Gasteiger partial charge < -0.3 is 4.98 Å². The van der Waals surface area contributed by atoms with Crippen LogP contribution >= 0.6 is 22.6 Å². The lowest BCUT2D eigenvalue weighted by Crippen LogP contribution is -2.12. The predicted molar refractivity (Wildman–Crippen MR) is 51.8 cm³/mol. The molecule has 0 saturated carbocycles. The number of imidazole rings is 1. The van der Waals surface area contributed by atoms with Crippen LogP contribution in [0.3, 0.4) is 0 Å². The van der Waals surface area contributed by atoms with Crippen molar-refractivity contribution in [2.75, 3.05) is 0 Å². The average Bonchev–Trinajstić information content (AvgIpc) is 2.31. The van der Waals surface area contributed by atoms with Crippen LogP contribution < -0.4 is 5.69 Å². The summed E-state index contributed by atoms with van der Waals surface area (Å²) in [6.45, 7) is 0. The van der Waals surface area contributed by atoms with E-state index in [2.05, 4.69) is 15.0 Å². The van der Waals surface area contributed by atoms with Crippen molar-refractivity contribution in [3.8, 4) is 0 Å². The van der Waals surface area contributed by atoms with Crippen molar-refractivity contribution in [3.63, 3.8) is 0 Å². The molecule has 0 aliphatic rings. The number of halogens is 1. The second kappa shape index (κ2) is 2.54. The smallest absolute Gasteiger partial charge is 0.303 e. The minimum absolute atomic E-state index is 0.165. The minimum Gasteiger partial charge on any atom is -0.303 e. The first-order valence-electron chi connectivity index (χ1n) is 3.26. The fourth-order valence-electron chi connectivity index (χ4n) is 0.991. The monoisotopic (exact) mass is 276 g/mol. The Morgan fingerprint density at radius 2 is 2.42 bits per heavy atom. The van der Waals surface area contributed by atoms with Gasteiger partial charge in [-0.3, -0.25) is 4.57 Å². The van der Waals surface area contributed by atoms with Gasteiger partial charge in [0.2, 0.25) is 0 Å². The van der Waals surface area contributed by atoms with Crippen LogP contribution in [-0.2, 0) is 7.05 Å². The lowest BCUT2D eigenvalue weighted by molar-refractivity contribution is 0.875. The Kier molecular flexibility index (Phi) is 1.63. The number of nitrogens with one attached hydrogen (secondary N) is 1. The van der Waals surface area contributed by atoms with E-state index < -0.39 is 0 Å². The second-order valence-corrected chi connectivity index (χ2v) is 3.33. The maximum Gasteiger partial charge on any atom is 0.327 e. The highest BCUT2D eigenvalue weighted by Crippen LogP contribution is 2.05. The Balaban J connectivity index is 2.98. The minimum atomic E-state index is -0.165. The molecule has 0 saturated heterocycles. The van der Waals surface area contributed by atoms with Gasteiger partial charge in [-0.05, 0) is 0 Å². The van der Waals surface area contributed by atoms with Gasteiger partial charge in [-0.2, -0.15) is 0 Å². The van der Waals surface area contributed by atoms with Crippen LogP contribution in [-0.4, -0.2) is 19.5 Å². The van der Waals surface area contributed by atoms with E-state index in [1.54, 1.807) is 13.2 Å². The molecule has 0 unspecified atom stereocenters. The fraction of sp³-hybridized carbons (Fsp3) is 0.167. The summed E-state index contributed by atoms with van der Waals surface area (Å²) in [6.07, 6.45) is 1.60. The average molecular weight is 276 g/mol. The Morgan fingerprint density at radius 3 is 3.17 bits per heavy atom. The SMILES string of the molecule is Cn1c(=O)[nH]c2cnc(I)nc21. The molecular weight excluding hydrogens is 271 g/mol. The Bertz CT molecular complexity index is 486. The third-order valence-corrected chi connectivity index (χ3v) is 2.12. The Morgan fingerprint density at radius 1 is 1.67 bits per heavy atom. The molecule has 1 N–H and O–H groups in total. The van der Waals surface area contributed by atoms with Gasteiger partial charge in [0, 0.05) is 29.6 Å². The Hall–Kier alpha value is -0.920. The zero-order chi connectivity index (χ0) is 8.72. The molecule has 0 amide bonds. The van der Waals surface area contributed by atoms with Gasteiger partial charge in [-0.15, -0.1) is 0 Å². The Labute approximate surface area is 81.0 Å². The molecule has 5 nitrogen and oxygen atoms in total. The third kappa shape index (κ3) is 1.02. The normalized spacial score (nSPS) is 10.8. The number of aromatic amines is 1. The van der Waals surface area contributed by atoms with E-state index in [9.17, 15) is 4.79 Å². The molecule has 0 aliphatic heterocycles. The van der Waals surface area contributed by atoms with Gasteiger partial charge in [0.15, 0.2) is 9.48 Å². The van der Waals surface area contributed by atoms with Gasteiger partial charge in [0.05, 0.1) is 6.20 Å². The molecule has 0 spiro atoms. The largest absolute Gasteiger partial charge is 0.327 e. The van der Waals surface area contributed by atoms with Crippen molar-refractivity contribution in [2.24, 2.45) is 7.05 Å². The lowest BCUT2D eigenvalue weighted by atomic mass is 10.6. The molecule has 2 aromatic heterocycles. The molecule has 6 heteroatoms. The molecule has 12 heavy (non-hydrogen) atoms. The van der Waals surface area contributed by atoms with Crippen LogP contribution in [0, 0.1) is 3.83 Å². The highest BCUT2D eigenvalue weighted by molar-refractivity contribution is 14.1. The molecule has 62 valence electrons. The number of nitrogens with zero attached hydrogens (tertiary/aromatic N) is 3. The quantitative estimate of drug-likeness (QED) is 0.554. The molecule has 0 radical (unpaired) electrons. The first-order valence-corrected chi connectivity index (χ1v) is 4.33. The van der Waals surface area contributed by atoms with E-state index in [1.807, 2.05) is 22.6 Å². The third-order valence-electron chi connectivity index (χ3n) is 1.60. The molecule has 2 aromatic rings. The highest BCUT2D eigenvalue weighted by atomic mass is 127. The van der Waals surface area contributed by atoms with E-state index in [1.165, 1.54) is 4.57 Å². The maximum absolute atomic E-state index is 11.1. The standard InChI is InChI=1S/C6H5IN4O/c1-11-4-3(9-6(11)12)2-8-5(7)10-4/h2H,1H3,(H,9,12). The number of fused-ring (bicyclic) bond motifs is 1. The highest BCUT2D eigenvalue weighted by Gasteiger charge is 2.04. The van der Waals surface area contributed by atoms with Crippen LogP contribution in [0.25, 0.3) is 11.2 Å². The van der Waals surface area contributed by atoms with Crippen molar-refractivity contribution < 1.29 is 0 Å².